The molecule has 0 spiro atoms. The molecule has 0 aliphatic carbocycles. The van der Waals surface area contributed by atoms with Crippen LogP contribution in [0.5, 0.6) is 0 Å². The Labute approximate surface area is 110 Å². The highest BCUT2D eigenvalue weighted by Gasteiger charge is 2.36. The standard InChI is InChI=1S/C13H17FIN/c1-13(2,3)9-7-16(8-9)12-5-4-10(14)6-11(12)15/h4-6,9H,7-8H2,1-3H3. The largest absolute Gasteiger partial charge is 0.370 e. The van der Waals surface area contributed by atoms with Gasteiger partial charge in [0.15, 0.2) is 0 Å². The van der Waals surface area contributed by atoms with Gasteiger partial charge in [0.25, 0.3) is 0 Å². The molecule has 1 heterocycles. The predicted octanol–water partition coefficient (Wildman–Crippen LogP) is 3.91. The van der Waals surface area contributed by atoms with Crippen molar-refractivity contribution in [3.63, 3.8) is 0 Å². The summed E-state index contributed by atoms with van der Waals surface area (Å²) in [5, 5.41) is 0. The molecule has 1 aromatic rings. The summed E-state index contributed by atoms with van der Waals surface area (Å²) in [6, 6.07) is 5.03. The van der Waals surface area contributed by atoms with Gasteiger partial charge < -0.3 is 4.90 Å². The van der Waals surface area contributed by atoms with Crippen LogP contribution in [-0.4, -0.2) is 13.1 Å². The molecule has 0 saturated carbocycles. The van der Waals surface area contributed by atoms with E-state index in [1.807, 2.05) is 6.07 Å². The van der Waals surface area contributed by atoms with Crippen LogP contribution in [0.2, 0.25) is 0 Å². The van der Waals surface area contributed by atoms with E-state index in [2.05, 4.69) is 48.3 Å². The van der Waals surface area contributed by atoms with Crippen molar-refractivity contribution in [1.82, 2.24) is 0 Å². The molecule has 16 heavy (non-hydrogen) atoms. The van der Waals surface area contributed by atoms with Crippen LogP contribution in [0.1, 0.15) is 20.8 Å². The maximum absolute atomic E-state index is 13.0. The number of nitrogens with zero attached hydrogens (tertiary/aromatic N) is 1. The first kappa shape index (κ1) is 12.1. The maximum atomic E-state index is 13.0. The molecule has 0 bridgehead atoms. The first-order chi connectivity index (χ1) is 7.38. The number of halogens is 2. The van der Waals surface area contributed by atoms with Crippen LogP contribution >= 0.6 is 22.6 Å². The number of hydrogen-bond acceptors (Lipinski definition) is 1. The van der Waals surface area contributed by atoms with Gasteiger partial charge in [-0.1, -0.05) is 20.8 Å². The molecule has 1 aliphatic rings. The topological polar surface area (TPSA) is 3.24 Å². The van der Waals surface area contributed by atoms with Gasteiger partial charge in [0.2, 0.25) is 0 Å². The molecule has 0 radical (unpaired) electrons. The third-order valence-corrected chi connectivity index (χ3v) is 4.22. The van der Waals surface area contributed by atoms with E-state index in [-0.39, 0.29) is 5.82 Å². The van der Waals surface area contributed by atoms with Crippen molar-refractivity contribution in [3.8, 4) is 0 Å². The summed E-state index contributed by atoms with van der Waals surface area (Å²) in [4.78, 5) is 2.33. The Morgan fingerprint density at radius 1 is 1.31 bits per heavy atom. The maximum Gasteiger partial charge on any atom is 0.124 e. The molecule has 1 saturated heterocycles. The van der Waals surface area contributed by atoms with Crippen LogP contribution in [0.15, 0.2) is 18.2 Å². The highest BCUT2D eigenvalue weighted by Crippen LogP contribution is 2.37. The lowest BCUT2D eigenvalue weighted by Gasteiger charge is -2.48. The fourth-order valence-corrected chi connectivity index (χ4v) is 2.78. The van der Waals surface area contributed by atoms with Crippen molar-refractivity contribution in [3.05, 3.63) is 27.6 Å². The van der Waals surface area contributed by atoms with Crippen molar-refractivity contribution < 1.29 is 4.39 Å². The minimum absolute atomic E-state index is 0.152. The molecule has 88 valence electrons. The van der Waals surface area contributed by atoms with Crippen molar-refractivity contribution in [1.29, 1.82) is 0 Å². The predicted molar refractivity (Wildman–Crippen MR) is 74.3 cm³/mol. The zero-order chi connectivity index (χ0) is 11.9. The van der Waals surface area contributed by atoms with Gasteiger partial charge in [0.1, 0.15) is 5.82 Å². The number of anilines is 1. The number of benzene rings is 1. The van der Waals surface area contributed by atoms with E-state index in [4.69, 9.17) is 0 Å². The molecule has 0 atom stereocenters. The Hall–Kier alpha value is -0.320. The fraction of sp³-hybridized carbons (Fsp3) is 0.538. The van der Waals surface area contributed by atoms with Crippen molar-refractivity contribution in [2.45, 2.75) is 20.8 Å². The van der Waals surface area contributed by atoms with Crippen LogP contribution in [-0.2, 0) is 0 Å². The molecule has 1 fully saturated rings. The van der Waals surface area contributed by atoms with Gasteiger partial charge >= 0.3 is 0 Å². The highest BCUT2D eigenvalue weighted by molar-refractivity contribution is 14.1. The smallest absolute Gasteiger partial charge is 0.124 e. The average Bonchev–Trinajstić information content (AvgIpc) is 2.03. The average molecular weight is 333 g/mol. The summed E-state index contributed by atoms with van der Waals surface area (Å²) in [5.74, 6) is 0.592. The SMILES string of the molecule is CC(C)(C)C1CN(c2ccc(F)cc2I)C1. The minimum Gasteiger partial charge on any atom is -0.370 e. The van der Waals surface area contributed by atoms with E-state index in [9.17, 15) is 4.39 Å². The van der Waals surface area contributed by atoms with E-state index in [0.29, 0.717) is 5.41 Å². The second-order valence-corrected chi connectivity index (χ2v) is 6.73. The zero-order valence-electron chi connectivity index (χ0n) is 9.93. The Bertz CT molecular complexity index is 391. The monoisotopic (exact) mass is 333 g/mol. The van der Waals surface area contributed by atoms with E-state index >= 15 is 0 Å². The van der Waals surface area contributed by atoms with E-state index in [1.54, 1.807) is 12.1 Å². The fourth-order valence-electron chi connectivity index (χ4n) is 1.96. The third kappa shape index (κ3) is 2.34. The summed E-state index contributed by atoms with van der Waals surface area (Å²) in [5.41, 5.74) is 1.55. The van der Waals surface area contributed by atoms with Crippen molar-refractivity contribution >= 4 is 28.3 Å². The summed E-state index contributed by atoms with van der Waals surface area (Å²) < 4.78 is 14.0. The van der Waals surface area contributed by atoms with Gasteiger partial charge in [-0.25, -0.2) is 4.39 Å². The zero-order valence-corrected chi connectivity index (χ0v) is 12.1. The lowest BCUT2D eigenvalue weighted by molar-refractivity contribution is 0.195. The van der Waals surface area contributed by atoms with E-state index < -0.39 is 0 Å². The second kappa shape index (κ2) is 4.17. The van der Waals surface area contributed by atoms with Crippen molar-refractivity contribution in [2.75, 3.05) is 18.0 Å². The Balaban J connectivity index is 2.07. The summed E-state index contributed by atoms with van der Waals surface area (Å²) in [6.07, 6.45) is 0. The molecule has 1 nitrogen and oxygen atoms in total. The second-order valence-electron chi connectivity index (χ2n) is 5.56. The van der Waals surface area contributed by atoms with E-state index in [0.717, 1.165) is 22.6 Å². The van der Waals surface area contributed by atoms with Crippen molar-refractivity contribution in [2.24, 2.45) is 11.3 Å². The van der Waals surface area contributed by atoms with Crippen LogP contribution in [0.3, 0.4) is 0 Å². The molecular formula is C13H17FIN. The molecule has 3 heteroatoms. The minimum atomic E-state index is -0.152. The van der Waals surface area contributed by atoms with Gasteiger partial charge in [-0.15, -0.1) is 0 Å². The number of rotatable bonds is 1. The van der Waals surface area contributed by atoms with Gasteiger partial charge in [-0.3, -0.25) is 0 Å². The third-order valence-electron chi connectivity index (χ3n) is 3.36. The normalized spacial score (nSPS) is 17.4. The lowest BCUT2D eigenvalue weighted by Crippen LogP contribution is -2.52. The van der Waals surface area contributed by atoms with Crippen LogP contribution in [0.4, 0.5) is 10.1 Å². The lowest BCUT2D eigenvalue weighted by atomic mass is 9.76. The van der Waals surface area contributed by atoms with Crippen LogP contribution in [0.25, 0.3) is 0 Å². The summed E-state index contributed by atoms with van der Waals surface area (Å²) in [7, 11) is 0. The Morgan fingerprint density at radius 2 is 1.94 bits per heavy atom. The Kier molecular flexibility index (Phi) is 3.16. The van der Waals surface area contributed by atoms with E-state index in [1.165, 1.54) is 5.69 Å². The molecule has 0 amide bonds. The molecule has 1 aliphatic heterocycles. The van der Waals surface area contributed by atoms with Crippen LogP contribution in [0, 0.1) is 20.7 Å². The summed E-state index contributed by atoms with van der Waals surface area (Å²) >= 11 is 2.20. The highest BCUT2D eigenvalue weighted by atomic mass is 127. The quantitative estimate of drug-likeness (QED) is 0.705. The first-order valence-electron chi connectivity index (χ1n) is 5.58. The molecule has 2 rings (SSSR count). The van der Waals surface area contributed by atoms with Gasteiger partial charge in [0.05, 0.1) is 5.69 Å². The van der Waals surface area contributed by atoms with Gasteiger partial charge in [-0.2, -0.15) is 0 Å². The molecule has 0 N–H and O–H groups in total. The molecule has 1 aromatic carbocycles. The Morgan fingerprint density at radius 3 is 2.44 bits per heavy atom. The van der Waals surface area contributed by atoms with Crippen LogP contribution < -0.4 is 4.90 Å². The number of hydrogen-bond donors (Lipinski definition) is 0. The molecule has 0 aromatic heterocycles. The molecular weight excluding hydrogens is 316 g/mol. The van der Waals surface area contributed by atoms with Gasteiger partial charge in [-0.05, 0) is 52.1 Å². The first-order valence-corrected chi connectivity index (χ1v) is 6.66. The van der Waals surface area contributed by atoms with Gasteiger partial charge in [0, 0.05) is 16.7 Å². The molecule has 0 unspecified atom stereocenters. The summed E-state index contributed by atoms with van der Waals surface area (Å²) in [6.45, 7) is 9.02.